The van der Waals surface area contributed by atoms with Gasteiger partial charge >= 0.3 is 0 Å². The lowest BCUT2D eigenvalue weighted by Crippen LogP contribution is -2.17. The smallest absolute Gasteiger partial charge is 0.0540 e. The highest BCUT2D eigenvalue weighted by molar-refractivity contribution is 5.99. The third-order valence-corrected chi connectivity index (χ3v) is 13.3. The summed E-state index contributed by atoms with van der Waals surface area (Å²) in [5.74, 6) is 0. The fraction of sp³-hybridized carbons (Fsp3) is 0.103. The first-order valence-electron chi connectivity index (χ1n) is 20.8. The Kier molecular flexibility index (Phi) is 7.94. The van der Waals surface area contributed by atoms with Crippen molar-refractivity contribution in [1.82, 2.24) is 0 Å². The summed E-state index contributed by atoms with van der Waals surface area (Å²) in [5.41, 5.74) is 21.4. The molecule has 0 spiro atoms. The fourth-order valence-corrected chi connectivity index (χ4v) is 10.4. The summed E-state index contributed by atoms with van der Waals surface area (Å²) in [7, 11) is 0. The van der Waals surface area contributed by atoms with Crippen LogP contribution in [0, 0.1) is 0 Å². The van der Waals surface area contributed by atoms with E-state index in [0.29, 0.717) is 0 Å². The van der Waals surface area contributed by atoms with Gasteiger partial charge in [0.05, 0.1) is 5.69 Å². The number of nitrogens with zero attached hydrogens (tertiary/aromatic N) is 1. The molecule has 0 heterocycles. The normalized spacial score (nSPS) is 14.0. The lowest BCUT2D eigenvalue weighted by Gasteiger charge is -2.30. The van der Waals surface area contributed by atoms with Gasteiger partial charge in [0.1, 0.15) is 0 Å². The first-order chi connectivity index (χ1) is 28.8. The van der Waals surface area contributed by atoms with Crippen molar-refractivity contribution in [1.29, 1.82) is 0 Å². The molecular weight excluding hydrogens is 711 g/mol. The van der Waals surface area contributed by atoms with E-state index in [1.807, 2.05) is 0 Å². The predicted octanol–water partition coefficient (Wildman–Crippen LogP) is 15.9. The van der Waals surface area contributed by atoms with Gasteiger partial charge in [-0.15, -0.1) is 0 Å². The van der Waals surface area contributed by atoms with Gasteiger partial charge in [-0.2, -0.15) is 0 Å². The van der Waals surface area contributed by atoms with E-state index in [0.717, 1.165) is 17.1 Å². The molecule has 2 aliphatic carbocycles. The largest absolute Gasteiger partial charge is 0.310 e. The molecule has 9 aromatic carbocycles. The molecule has 11 rings (SSSR count). The van der Waals surface area contributed by atoms with Crippen LogP contribution < -0.4 is 4.90 Å². The zero-order valence-corrected chi connectivity index (χ0v) is 34.0. The van der Waals surface area contributed by atoms with E-state index in [-0.39, 0.29) is 10.8 Å². The van der Waals surface area contributed by atoms with Crippen LogP contribution in [0.5, 0.6) is 0 Å². The molecule has 0 saturated heterocycles. The van der Waals surface area contributed by atoms with E-state index in [4.69, 9.17) is 0 Å². The van der Waals surface area contributed by atoms with Gasteiger partial charge in [0.2, 0.25) is 0 Å². The minimum Gasteiger partial charge on any atom is -0.310 e. The molecule has 9 aromatic rings. The lowest BCUT2D eigenvalue weighted by molar-refractivity contribution is 0.660. The summed E-state index contributed by atoms with van der Waals surface area (Å²) in [6, 6.07) is 74.3. The van der Waals surface area contributed by atoms with E-state index >= 15 is 0 Å². The van der Waals surface area contributed by atoms with Crippen molar-refractivity contribution in [2.75, 3.05) is 4.90 Å². The highest BCUT2D eigenvalue weighted by atomic mass is 15.1. The van der Waals surface area contributed by atoms with Gasteiger partial charge in [0.25, 0.3) is 0 Å². The molecule has 0 aliphatic heterocycles. The van der Waals surface area contributed by atoms with Gasteiger partial charge in [0.15, 0.2) is 0 Å². The van der Waals surface area contributed by atoms with Crippen LogP contribution in [0.3, 0.4) is 0 Å². The molecule has 2 aliphatic rings. The molecule has 0 amide bonds. The molecule has 0 saturated carbocycles. The van der Waals surface area contributed by atoms with Crippen LogP contribution in [0.2, 0.25) is 0 Å². The number of hydrogen-bond donors (Lipinski definition) is 0. The molecule has 1 nitrogen and oxygen atoms in total. The van der Waals surface area contributed by atoms with Crippen LogP contribution in [0.4, 0.5) is 17.1 Å². The van der Waals surface area contributed by atoms with Crippen molar-refractivity contribution in [3.8, 4) is 55.6 Å². The summed E-state index contributed by atoms with van der Waals surface area (Å²) < 4.78 is 0. The maximum absolute atomic E-state index is 2.46. The van der Waals surface area contributed by atoms with Crippen LogP contribution in [0.25, 0.3) is 66.4 Å². The monoisotopic (exact) mass is 755 g/mol. The Hall–Kier alpha value is -6.96. The second kappa shape index (κ2) is 13.3. The van der Waals surface area contributed by atoms with Crippen molar-refractivity contribution >= 4 is 27.8 Å². The summed E-state index contributed by atoms with van der Waals surface area (Å²) in [5, 5.41) is 2.50. The SMILES string of the molecule is CC1(C)c2ccccc2-c2ccc(-c3ccc(N(c4cccc(-c5cccc6ccccc56)c4)c4ccccc4-c4cccc5c4C(C)(C)c4ccccc4-5)cc3)cc21. The molecule has 0 fully saturated rings. The third kappa shape index (κ3) is 5.45. The third-order valence-electron chi connectivity index (χ3n) is 13.3. The van der Waals surface area contributed by atoms with Gasteiger partial charge in [0, 0.05) is 27.8 Å². The highest BCUT2D eigenvalue weighted by Gasteiger charge is 2.38. The summed E-state index contributed by atoms with van der Waals surface area (Å²) >= 11 is 0. The molecule has 1 heteroatoms. The Bertz CT molecular complexity index is 3100. The molecular formula is C58H45N. The number of para-hydroxylation sites is 1. The molecule has 0 radical (unpaired) electrons. The van der Waals surface area contributed by atoms with Crippen LogP contribution in [0.1, 0.15) is 49.9 Å². The topological polar surface area (TPSA) is 3.24 Å². The Labute approximate surface area is 347 Å². The van der Waals surface area contributed by atoms with E-state index in [2.05, 4.69) is 233 Å². The quantitative estimate of drug-likeness (QED) is 0.163. The number of fused-ring (bicyclic) bond motifs is 7. The van der Waals surface area contributed by atoms with Crippen LogP contribution in [0.15, 0.2) is 200 Å². The minimum atomic E-state index is -0.151. The average Bonchev–Trinajstić information content (AvgIpc) is 3.66. The van der Waals surface area contributed by atoms with E-state index < -0.39 is 0 Å². The Balaban J connectivity index is 1.07. The van der Waals surface area contributed by atoms with Crippen LogP contribution in [-0.2, 0) is 10.8 Å². The van der Waals surface area contributed by atoms with Gasteiger partial charge in [-0.1, -0.05) is 191 Å². The first-order valence-corrected chi connectivity index (χ1v) is 20.8. The molecule has 0 bridgehead atoms. The number of rotatable bonds is 6. The van der Waals surface area contributed by atoms with E-state index in [9.17, 15) is 0 Å². The molecule has 0 atom stereocenters. The van der Waals surface area contributed by atoms with E-state index in [1.54, 1.807) is 0 Å². The van der Waals surface area contributed by atoms with Crippen molar-refractivity contribution in [3.05, 3.63) is 222 Å². The summed E-state index contributed by atoms with van der Waals surface area (Å²) in [4.78, 5) is 2.46. The maximum Gasteiger partial charge on any atom is 0.0540 e. The standard InChI is InChI=1S/C58H45N/c1-57(2)52-27-10-7-21-46(52)48-35-32-40(37-54(48)57)38-30-33-42(34-31-38)59(43-19-13-18-41(36-43)45-24-14-17-39-16-5-6-20-44(39)45)55-29-12-9-23-49(55)51-26-15-25-50-47-22-8-11-28-53(47)58(3,4)56(50)51/h5-37H,1-4H3. The molecule has 282 valence electrons. The predicted molar refractivity (Wildman–Crippen MR) is 250 cm³/mol. The Morgan fingerprint density at radius 2 is 0.864 bits per heavy atom. The summed E-state index contributed by atoms with van der Waals surface area (Å²) in [6.07, 6.45) is 0. The zero-order valence-electron chi connectivity index (χ0n) is 34.0. The molecule has 0 unspecified atom stereocenters. The van der Waals surface area contributed by atoms with Gasteiger partial charge < -0.3 is 4.90 Å². The Morgan fingerprint density at radius 1 is 0.322 bits per heavy atom. The Morgan fingerprint density at radius 3 is 1.66 bits per heavy atom. The first kappa shape index (κ1) is 35.2. The van der Waals surface area contributed by atoms with Crippen LogP contribution in [-0.4, -0.2) is 0 Å². The van der Waals surface area contributed by atoms with Gasteiger partial charge in [-0.25, -0.2) is 0 Å². The number of anilines is 3. The van der Waals surface area contributed by atoms with Crippen LogP contribution >= 0.6 is 0 Å². The summed E-state index contributed by atoms with van der Waals surface area (Å²) in [6.45, 7) is 9.47. The van der Waals surface area contributed by atoms with Crippen molar-refractivity contribution in [2.24, 2.45) is 0 Å². The van der Waals surface area contributed by atoms with E-state index in [1.165, 1.54) is 88.7 Å². The maximum atomic E-state index is 2.46. The van der Waals surface area contributed by atoms with Gasteiger partial charge in [-0.3, -0.25) is 0 Å². The van der Waals surface area contributed by atoms with Crippen molar-refractivity contribution < 1.29 is 0 Å². The second-order valence-corrected chi connectivity index (χ2v) is 17.3. The number of benzene rings is 9. The fourth-order valence-electron chi connectivity index (χ4n) is 10.4. The molecule has 0 N–H and O–H groups in total. The van der Waals surface area contributed by atoms with Crippen molar-refractivity contribution in [3.63, 3.8) is 0 Å². The van der Waals surface area contributed by atoms with Crippen molar-refractivity contribution in [2.45, 2.75) is 38.5 Å². The number of hydrogen-bond acceptors (Lipinski definition) is 1. The average molecular weight is 756 g/mol. The lowest BCUT2D eigenvalue weighted by atomic mass is 9.78. The highest BCUT2D eigenvalue weighted by Crippen LogP contribution is 2.54. The minimum absolute atomic E-state index is 0.0506. The molecule has 0 aromatic heterocycles. The second-order valence-electron chi connectivity index (χ2n) is 17.3. The molecule has 59 heavy (non-hydrogen) atoms. The van der Waals surface area contributed by atoms with Gasteiger partial charge in [-0.05, 0) is 119 Å². The zero-order chi connectivity index (χ0) is 39.9.